The van der Waals surface area contributed by atoms with Crippen LogP contribution in [0.15, 0.2) is 48.5 Å². The number of fused-ring (bicyclic) bond motifs is 1. The number of amides is 1. The van der Waals surface area contributed by atoms with Gasteiger partial charge in [0.05, 0.1) is 26.4 Å². The highest BCUT2D eigenvalue weighted by molar-refractivity contribution is 5.76. The molecule has 0 spiro atoms. The van der Waals surface area contributed by atoms with Gasteiger partial charge in [-0.2, -0.15) is 0 Å². The number of para-hydroxylation sites is 1. The van der Waals surface area contributed by atoms with Crippen LogP contribution in [0.2, 0.25) is 0 Å². The van der Waals surface area contributed by atoms with E-state index in [4.69, 9.17) is 14.2 Å². The van der Waals surface area contributed by atoms with Crippen LogP contribution >= 0.6 is 0 Å². The highest BCUT2D eigenvalue weighted by Gasteiger charge is 2.22. The summed E-state index contributed by atoms with van der Waals surface area (Å²) >= 11 is 0. The van der Waals surface area contributed by atoms with E-state index in [1.54, 1.807) is 7.11 Å². The Morgan fingerprint density at radius 3 is 2.72 bits per heavy atom. The molecule has 5 nitrogen and oxygen atoms in total. The number of carbonyl (C=O) groups excluding carboxylic acids is 1. The highest BCUT2D eigenvalue weighted by Crippen LogP contribution is 2.31. The Labute approximate surface area is 147 Å². The van der Waals surface area contributed by atoms with Crippen molar-refractivity contribution >= 4 is 5.91 Å². The molecule has 0 aromatic heterocycles. The number of nitrogens with one attached hydrogen (secondary N) is 1. The fourth-order valence-corrected chi connectivity index (χ4v) is 2.85. The summed E-state index contributed by atoms with van der Waals surface area (Å²) < 4.78 is 16.4. The second-order valence-electron chi connectivity index (χ2n) is 5.92. The molecule has 1 atom stereocenters. The van der Waals surface area contributed by atoms with Gasteiger partial charge < -0.3 is 19.5 Å². The molecule has 1 N–H and O–H groups in total. The predicted molar refractivity (Wildman–Crippen MR) is 95.2 cm³/mol. The lowest BCUT2D eigenvalue weighted by molar-refractivity contribution is -0.122. The molecule has 1 heterocycles. The zero-order chi connectivity index (χ0) is 17.5. The Hall–Kier alpha value is -2.69. The van der Waals surface area contributed by atoms with Crippen molar-refractivity contribution in [3.8, 4) is 17.2 Å². The molecule has 1 amide bonds. The average molecular weight is 341 g/mol. The van der Waals surface area contributed by atoms with Gasteiger partial charge in [0, 0.05) is 18.4 Å². The second-order valence-corrected chi connectivity index (χ2v) is 5.92. The van der Waals surface area contributed by atoms with Crippen LogP contribution in [0.5, 0.6) is 17.2 Å². The lowest BCUT2D eigenvalue weighted by Crippen LogP contribution is -2.32. The van der Waals surface area contributed by atoms with Gasteiger partial charge in [0.1, 0.15) is 17.2 Å². The third-order valence-electron chi connectivity index (χ3n) is 4.17. The number of benzene rings is 2. The molecule has 0 fully saturated rings. The average Bonchev–Trinajstić information content (AvgIpc) is 2.66. The minimum absolute atomic E-state index is 0.0277. The topological polar surface area (TPSA) is 56.8 Å². The molecule has 25 heavy (non-hydrogen) atoms. The fourth-order valence-electron chi connectivity index (χ4n) is 2.85. The molecule has 0 saturated heterocycles. The molecule has 0 aliphatic carbocycles. The smallest absolute Gasteiger partial charge is 0.220 e. The van der Waals surface area contributed by atoms with Crippen molar-refractivity contribution in [1.29, 1.82) is 0 Å². The summed E-state index contributed by atoms with van der Waals surface area (Å²) in [6.07, 6.45) is 1.91. The lowest BCUT2D eigenvalue weighted by atomic mass is 10.0. The molecular weight excluding hydrogens is 318 g/mol. The van der Waals surface area contributed by atoms with Crippen LogP contribution in [-0.4, -0.2) is 26.2 Å². The monoisotopic (exact) mass is 341 g/mol. The van der Waals surface area contributed by atoms with Crippen molar-refractivity contribution in [2.24, 2.45) is 0 Å². The Kier molecular flexibility index (Phi) is 5.77. The van der Waals surface area contributed by atoms with E-state index in [1.807, 2.05) is 48.5 Å². The van der Waals surface area contributed by atoms with Gasteiger partial charge in [0.2, 0.25) is 5.91 Å². The van der Waals surface area contributed by atoms with Gasteiger partial charge >= 0.3 is 0 Å². The SMILES string of the molecule is COc1ccc(OCCCC(=O)NC2CCOc3ccccc32)cc1. The maximum atomic E-state index is 12.2. The fraction of sp³-hybridized carbons (Fsp3) is 0.350. The quantitative estimate of drug-likeness (QED) is 0.783. The van der Waals surface area contributed by atoms with Crippen LogP contribution in [0.4, 0.5) is 0 Å². The number of hydrogen-bond acceptors (Lipinski definition) is 4. The molecule has 2 aromatic carbocycles. The van der Waals surface area contributed by atoms with E-state index in [9.17, 15) is 4.79 Å². The first-order valence-corrected chi connectivity index (χ1v) is 8.54. The van der Waals surface area contributed by atoms with Gasteiger partial charge in [0.25, 0.3) is 0 Å². The van der Waals surface area contributed by atoms with Gasteiger partial charge in [0.15, 0.2) is 0 Å². The number of methoxy groups -OCH3 is 1. The van der Waals surface area contributed by atoms with Crippen LogP contribution < -0.4 is 19.5 Å². The first-order valence-electron chi connectivity index (χ1n) is 8.54. The standard InChI is InChI=1S/C20H23NO4/c1-23-15-8-10-16(11-9-15)24-13-4-7-20(22)21-18-12-14-25-19-6-3-2-5-17(18)19/h2-3,5-6,8-11,18H,4,7,12-14H2,1H3,(H,21,22). The van der Waals surface area contributed by atoms with Gasteiger partial charge in [-0.1, -0.05) is 18.2 Å². The van der Waals surface area contributed by atoms with Crippen molar-refractivity contribution in [2.45, 2.75) is 25.3 Å². The van der Waals surface area contributed by atoms with E-state index in [-0.39, 0.29) is 11.9 Å². The van der Waals surface area contributed by atoms with Crippen molar-refractivity contribution in [1.82, 2.24) is 5.32 Å². The maximum Gasteiger partial charge on any atom is 0.220 e. The first kappa shape index (κ1) is 17.1. The predicted octanol–water partition coefficient (Wildman–Crippen LogP) is 3.49. The third-order valence-corrected chi connectivity index (χ3v) is 4.17. The zero-order valence-corrected chi connectivity index (χ0v) is 14.4. The summed E-state index contributed by atoms with van der Waals surface area (Å²) in [4.78, 5) is 12.2. The molecule has 0 saturated carbocycles. The molecule has 2 aromatic rings. The third kappa shape index (κ3) is 4.66. The zero-order valence-electron chi connectivity index (χ0n) is 14.4. The van der Waals surface area contributed by atoms with E-state index >= 15 is 0 Å². The summed E-state index contributed by atoms with van der Waals surface area (Å²) in [5.41, 5.74) is 1.05. The summed E-state index contributed by atoms with van der Waals surface area (Å²) in [5, 5.41) is 3.10. The Morgan fingerprint density at radius 2 is 1.92 bits per heavy atom. The van der Waals surface area contributed by atoms with Crippen LogP contribution in [0.3, 0.4) is 0 Å². The molecule has 1 aliphatic heterocycles. The molecule has 3 rings (SSSR count). The van der Waals surface area contributed by atoms with E-state index in [0.29, 0.717) is 26.1 Å². The molecule has 1 aliphatic rings. The number of rotatable bonds is 7. The second kappa shape index (κ2) is 8.42. The Morgan fingerprint density at radius 1 is 1.16 bits per heavy atom. The van der Waals surface area contributed by atoms with Crippen LogP contribution in [0.1, 0.15) is 30.9 Å². The van der Waals surface area contributed by atoms with Crippen LogP contribution in [0, 0.1) is 0 Å². The Bertz CT molecular complexity index is 699. The van der Waals surface area contributed by atoms with Gasteiger partial charge in [-0.15, -0.1) is 0 Å². The van der Waals surface area contributed by atoms with E-state index in [1.165, 1.54) is 0 Å². The van der Waals surface area contributed by atoms with Crippen molar-refractivity contribution < 1.29 is 19.0 Å². The Balaban J connectivity index is 1.41. The van der Waals surface area contributed by atoms with Crippen LogP contribution in [0.25, 0.3) is 0 Å². The summed E-state index contributed by atoms with van der Waals surface area (Å²) in [6, 6.07) is 15.3. The number of ether oxygens (including phenoxy) is 3. The molecule has 0 bridgehead atoms. The van der Waals surface area contributed by atoms with Crippen molar-refractivity contribution in [3.05, 3.63) is 54.1 Å². The van der Waals surface area contributed by atoms with Crippen molar-refractivity contribution in [2.75, 3.05) is 20.3 Å². The maximum absolute atomic E-state index is 12.2. The number of carbonyl (C=O) groups is 1. The van der Waals surface area contributed by atoms with E-state index in [2.05, 4.69) is 5.32 Å². The van der Waals surface area contributed by atoms with Crippen LogP contribution in [-0.2, 0) is 4.79 Å². The van der Waals surface area contributed by atoms with Gasteiger partial charge in [-0.25, -0.2) is 0 Å². The number of hydrogen-bond donors (Lipinski definition) is 1. The minimum atomic E-state index is 0.0277. The molecule has 1 unspecified atom stereocenters. The summed E-state index contributed by atoms with van der Waals surface area (Å²) in [5.74, 6) is 2.48. The lowest BCUT2D eigenvalue weighted by Gasteiger charge is -2.26. The summed E-state index contributed by atoms with van der Waals surface area (Å²) in [7, 11) is 1.63. The summed E-state index contributed by atoms with van der Waals surface area (Å²) in [6.45, 7) is 1.13. The molecular formula is C20H23NO4. The largest absolute Gasteiger partial charge is 0.497 e. The van der Waals surface area contributed by atoms with E-state index < -0.39 is 0 Å². The van der Waals surface area contributed by atoms with Gasteiger partial charge in [-0.05, 0) is 36.8 Å². The molecule has 132 valence electrons. The normalized spacial score (nSPS) is 15.6. The first-order chi connectivity index (χ1) is 12.3. The molecule has 5 heteroatoms. The van der Waals surface area contributed by atoms with Crippen molar-refractivity contribution in [3.63, 3.8) is 0 Å². The van der Waals surface area contributed by atoms with E-state index in [0.717, 1.165) is 29.2 Å². The van der Waals surface area contributed by atoms with Gasteiger partial charge in [-0.3, -0.25) is 4.79 Å². The minimum Gasteiger partial charge on any atom is -0.497 e. The molecule has 0 radical (unpaired) electrons. The highest BCUT2D eigenvalue weighted by atomic mass is 16.5.